The second kappa shape index (κ2) is 6.53. The predicted octanol–water partition coefficient (Wildman–Crippen LogP) is 4.12. The van der Waals surface area contributed by atoms with Crippen molar-refractivity contribution in [1.82, 2.24) is 9.38 Å². The number of amides is 1. The molecule has 0 aliphatic rings. The van der Waals surface area contributed by atoms with Gasteiger partial charge in [0.2, 0.25) is 0 Å². The van der Waals surface area contributed by atoms with E-state index in [1.807, 2.05) is 36.6 Å². The number of carbonyl (C=O) groups excluding carboxylic acids is 1. The third kappa shape index (κ3) is 2.83. The standard InChI is InChI=1S/C18H18ClN3O2/c1-4-13-16(22-9-5-6-11(2)17(22)20-13)18(23)21-14-10-12(19)7-8-15(14)24-3/h5-10H,4H2,1-3H3,(H,21,23). The zero-order chi connectivity index (χ0) is 17.3. The van der Waals surface area contributed by atoms with Gasteiger partial charge in [0.1, 0.15) is 17.1 Å². The summed E-state index contributed by atoms with van der Waals surface area (Å²) in [5.74, 6) is 0.307. The van der Waals surface area contributed by atoms with Crippen LogP contribution in [0, 0.1) is 6.92 Å². The van der Waals surface area contributed by atoms with Gasteiger partial charge in [0, 0.05) is 11.2 Å². The van der Waals surface area contributed by atoms with E-state index in [0.717, 1.165) is 16.9 Å². The van der Waals surface area contributed by atoms with Crippen LogP contribution >= 0.6 is 11.6 Å². The fourth-order valence-electron chi connectivity index (χ4n) is 2.70. The number of halogens is 1. The van der Waals surface area contributed by atoms with Crippen molar-refractivity contribution in [3.63, 3.8) is 0 Å². The molecule has 0 saturated heterocycles. The molecule has 24 heavy (non-hydrogen) atoms. The highest BCUT2D eigenvalue weighted by molar-refractivity contribution is 6.31. The summed E-state index contributed by atoms with van der Waals surface area (Å²) >= 11 is 6.03. The average molecular weight is 344 g/mol. The maximum Gasteiger partial charge on any atom is 0.274 e. The van der Waals surface area contributed by atoms with Crippen molar-refractivity contribution < 1.29 is 9.53 Å². The Bertz CT molecular complexity index is 918. The number of nitrogens with zero attached hydrogens (tertiary/aromatic N) is 2. The number of methoxy groups -OCH3 is 1. The monoisotopic (exact) mass is 343 g/mol. The molecule has 0 atom stereocenters. The van der Waals surface area contributed by atoms with Crippen molar-refractivity contribution in [1.29, 1.82) is 0 Å². The fourth-order valence-corrected chi connectivity index (χ4v) is 2.87. The molecule has 1 aromatic carbocycles. The average Bonchev–Trinajstić information content (AvgIpc) is 2.95. The Morgan fingerprint density at radius 2 is 2.17 bits per heavy atom. The van der Waals surface area contributed by atoms with Crippen LogP contribution in [-0.4, -0.2) is 22.4 Å². The molecule has 124 valence electrons. The van der Waals surface area contributed by atoms with Gasteiger partial charge in [-0.1, -0.05) is 24.6 Å². The highest BCUT2D eigenvalue weighted by atomic mass is 35.5. The van der Waals surface area contributed by atoms with E-state index in [4.69, 9.17) is 16.3 Å². The van der Waals surface area contributed by atoms with E-state index in [9.17, 15) is 4.79 Å². The van der Waals surface area contributed by atoms with Crippen molar-refractivity contribution in [3.8, 4) is 5.75 Å². The number of pyridine rings is 1. The normalized spacial score (nSPS) is 10.8. The lowest BCUT2D eigenvalue weighted by molar-refractivity contribution is 0.102. The Kier molecular flexibility index (Phi) is 4.44. The van der Waals surface area contributed by atoms with E-state index in [1.54, 1.807) is 25.3 Å². The van der Waals surface area contributed by atoms with Crippen molar-refractivity contribution in [2.75, 3.05) is 12.4 Å². The summed E-state index contributed by atoms with van der Waals surface area (Å²) in [6.45, 7) is 3.96. The van der Waals surface area contributed by atoms with E-state index in [1.165, 1.54) is 0 Å². The summed E-state index contributed by atoms with van der Waals surface area (Å²) in [5.41, 5.74) is 3.62. The molecule has 0 aliphatic heterocycles. The molecule has 0 bridgehead atoms. The molecule has 2 heterocycles. The molecule has 0 unspecified atom stereocenters. The number of aromatic nitrogens is 2. The van der Waals surface area contributed by atoms with Gasteiger partial charge in [-0.2, -0.15) is 0 Å². The molecule has 1 amide bonds. The number of imidazole rings is 1. The van der Waals surface area contributed by atoms with Gasteiger partial charge in [-0.15, -0.1) is 0 Å². The lowest BCUT2D eigenvalue weighted by Gasteiger charge is -2.11. The van der Waals surface area contributed by atoms with Crippen LogP contribution in [0.5, 0.6) is 5.75 Å². The topological polar surface area (TPSA) is 55.6 Å². The van der Waals surface area contributed by atoms with E-state index in [2.05, 4.69) is 10.3 Å². The first kappa shape index (κ1) is 16.3. The van der Waals surface area contributed by atoms with Crippen molar-refractivity contribution >= 4 is 28.8 Å². The number of aryl methyl sites for hydroxylation is 2. The molecule has 3 aromatic rings. The molecule has 3 rings (SSSR count). The summed E-state index contributed by atoms with van der Waals surface area (Å²) in [6, 6.07) is 8.98. The summed E-state index contributed by atoms with van der Waals surface area (Å²) in [6.07, 6.45) is 2.51. The molecule has 0 saturated carbocycles. The Balaban J connectivity index is 2.06. The number of hydrogen-bond donors (Lipinski definition) is 1. The van der Waals surface area contributed by atoms with Crippen LogP contribution in [0.3, 0.4) is 0 Å². The predicted molar refractivity (Wildman–Crippen MR) is 95.3 cm³/mol. The van der Waals surface area contributed by atoms with Gasteiger partial charge >= 0.3 is 0 Å². The second-order valence-corrected chi connectivity index (χ2v) is 5.88. The number of carbonyl (C=O) groups is 1. The zero-order valence-corrected chi connectivity index (χ0v) is 14.5. The van der Waals surface area contributed by atoms with E-state index in [-0.39, 0.29) is 5.91 Å². The molecular weight excluding hydrogens is 326 g/mol. The molecule has 0 spiro atoms. The maximum absolute atomic E-state index is 12.9. The molecule has 1 N–H and O–H groups in total. The summed E-state index contributed by atoms with van der Waals surface area (Å²) in [5, 5.41) is 3.41. The Labute approximate surface area is 145 Å². The van der Waals surface area contributed by atoms with Gasteiger partial charge < -0.3 is 10.1 Å². The first-order valence-corrected chi connectivity index (χ1v) is 8.04. The van der Waals surface area contributed by atoms with Gasteiger partial charge in [-0.05, 0) is 43.2 Å². The van der Waals surface area contributed by atoms with Crippen LogP contribution in [0.2, 0.25) is 5.02 Å². The SMILES string of the molecule is CCc1nc2c(C)cccn2c1C(=O)Nc1cc(Cl)ccc1OC. The Hall–Kier alpha value is -2.53. The first-order chi connectivity index (χ1) is 11.5. The number of anilines is 1. The van der Waals surface area contributed by atoms with Crippen LogP contribution < -0.4 is 10.1 Å². The smallest absolute Gasteiger partial charge is 0.274 e. The minimum absolute atomic E-state index is 0.245. The van der Waals surface area contributed by atoms with Gasteiger partial charge in [0.25, 0.3) is 5.91 Å². The van der Waals surface area contributed by atoms with Crippen LogP contribution in [-0.2, 0) is 6.42 Å². The maximum atomic E-state index is 12.9. The van der Waals surface area contributed by atoms with Crippen molar-refractivity contribution in [2.24, 2.45) is 0 Å². The van der Waals surface area contributed by atoms with Gasteiger partial charge in [-0.25, -0.2) is 4.98 Å². The molecule has 0 aliphatic carbocycles. The van der Waals surface area contributed by atoms with Gasteiger partial charge in [-0.3, -0.25) is 9.20 Å². The molecular formula is C18H18ClN3O2. The molecule has 0 radical (unpaired) electrons. The van der Waals surface area contributed by atoms with E-state index < -0.39 is 0 Å². The van der Waals surface area contributed by atoms with E-state index in [0.29, 0.717) is 28.6 Å². The Morgan fingerprint density at radius 1 is 1.38 bits per heavy atom. The van der Waals surface area contributed by atoms with E-state index >= 15 is 0 Å². The molecule has 6 heteroatoms. The summed E-state index contributed by atoms with van der Waals surface area (Å²) in [4.78, 5) is 17.5. The minimum atomic E-state index is -0.245. The largest absolute Gasteiger partial charge is 0.495 e. The molecule has 0 fully saturated rings. The number of hydrogen-bond acceptors (Lipinski definition) is 3. The summed E-state index contributed by atoms with van der Waals surface area (Å²) in [7, 11) is 1.55. The number of nitrogens with one attached hydrogen (secondary N) is 1. The third-order valence-corrected chi connectivity index (χ3v) is 4.11. The Morgan fingerprint density at radius 3 is 2.88 bits per heavy atom. The van der Waals surface area contributed by atoms with Crippen LogP contribution in [0.15, 0.2) is 36.5 Å². The number of rotatable bonds is 4. The highest BCUT2D eigenvalue weighted by Crippen LogP contribution is 2.28. The second-order valence-electron chi connectivity index (χ2n) is 5.44. The quantitative estimate of drug-likeness (QED) is 0.775. The first-order valence-electron chi connectivity index (χ1n) is 7.66. The van der Waals surface area contributed by atoms with Crippen LogP contribution in [0.25, 0.3) is 5.65 Å². The lowest BCUT2D eigenvalue weighted by atomic mass is 10.2. The van der Waals surface area contributed by atoms with Crippen molar-refractivity contribution in [2.45, 2.75) is 20.3 Å². The van der Waals surface area contributed by atoms with Crippen LogP contribution in [0.1, 0.15) is 28.7 Å². The van der Waals surface area contributed by atoms with Gasteiger partial charge in [0.05, 0.1) is 18.5 Å². The fraction of sp³-hybridized carbons (Fsp3) is 0.222. The number of ether oxygens (including phenoxy) is 1. The highest BCUT2D eigenvalue weighted by Gasteiger charge is 2.20. The number of benzene rings is 1. The summed E-state index contributed by atoms with van der Waals surface area (Å²) < 4.78 is 7.11. The number of fused-ring (bicyclic) bond motifs is 1. The minimum Gasteiger partial charge on any atom is -0.495 e. The zero-order valence-electron chi connectivity index (χ0n) is 13.8. The van der Waals surface area contributed by atoms with Crippen LogP contribution in [0.4, 0.5) is 5.69 Å². The molecule has 5 nitrogen and oxygen atoms in total. The van der Waals surface area contributed by atoms with Crippen molar-refractivity contribution in [3.05, 3.63) is 58.5 Å². The third-order valence-electron chi connectivity index (χ3n) is 3.88. The lowest BCUT2D eigenvalue weighted by Crippen LogP contribution is -2.16. The van der Waals surface area contributed by atoms with Gasteiger partial charge in [0.15, 0.2) is 0 Å². The molecule has 2 aromatic heterocycles.